The molecule has 0 unspecified atom stereocenters. The Morgan fingerprint density at radius 3 is 2.71 bits per heavy atom. The average molecular weight is 232 g/mol. The SMILES string of the molecule is Cc1ccc(CC2(C#N)CCNCC2)c(F)c1. The number of benzene rings is 1. The molecule has 1 N–H and O–H groups in total. The van der Waals surface area contributed by atoms with Gasteiger partial charge in [0.25, 0.3) is 0 Å². The fourth-order valence-electron chi connectivity index (χ4n) is 2.39. The number of nitrogens with one attached hydrogen (secondary N) is 1. The predicted molar refractivity (Wildman–Crippen MR) is 65.0 cm³/mol. The summed E-state index contributed by atoms with van der Waals surface area (Å²) in [6.45, 7) is 3.57. The van der Waals surface area contributed by atoms with Gasteiger partial charge in [-0.05, 0) is 56.5 Å². The minimum atomic E-state index is -0.388. The van der Waals surface area contributed by atoms with Crippen LogP contribution in [-0.2, 0) is 6.42 Å². The van der Waals surface area contributed by atoms with Gasteiger partial charge in [-0.15, -0.1) is 0 Å². The number of nitriles is 1. The Morgan fingerprint density at radius 2 is 2.12 bits per heavy atom. The first-order valence-corrected chi connectivity index (χ1v) is 6.02. The van der Waals surface area contributed by atoms with Crippen LogP contribution in [0.4, 0.5) is 4.39 Å². The average Bonchev–Trinajstić information content (AvgIpc) is 2.34. The van der Waals surface area contributed by atoms with Crippen LogP contribution in [0.25, 0.3) is 0 Å². The van der Waals surface area contributed by atoms with Crippen molar-refractivity contribution in [1.29, 1.82) is 5.26 Å². The van der Waals surface area contributed by atoms with Crippen molar-refractivity contribution >= 4 is 0 Å². The second-order valence-corrected chi connectivity index (χ2v) is 4.91. The number of halogens is 1. The second-order valence-electron chi connectivity index (χ2n) is 4.91. The van der Waals surface area contributed by atoms with Gasteiger partial charge < -0.3 is 5.32 Å². The number of aryl methyl sites for hydroxylation is 1. The van der Waals surface area contributed by atoms with E-state index in [1.54, 1.807) is 6.07 Å². The highest BCUT2D eigenvalue weighted by Crippen LogP contribution is 2.32. The zero-order valence-electron chi connectivity index (χ0n) is 10.1. The fraction of sp³-hybridized carbons (Fsp3) is 0.500. The molecule has 3 heteroatoms. The number of hydrogen-bond donors (Lipinski definition) is 1. The molecule has 2 nitrogen and oxygen atoms in total. The Bertz CT molecular complexity index is 442. The molecule has 1 saturated heterocycles. The van der Waals surface area contributed by atoms with E-state index in [1.807, 2.05) is 19.1 Å². The first-order chi connectivity index (χ1) is 8.15. The molecule has 2 rings (SSSR count). The van der Waals surface area contributed by atoms with E-state index in [9.17, 15) is 9.65 Å². The molecule has 1 aromatic rings. The summed E-state index contributed by atoms with van der Waals surface area (Å²) < 4.78 is 13.8. The van der Waals surface area contributed by atoms with Gasteiger partial charge in [0.2, 0.25) is 0 Å². The van der Waals surface area contributed by atoms with Gasteiger partial charge in [-0.2, -0.15) is 5.26 Å². The van der Waals surface area contributed by atoms with Gasteiger partial charge in [0, 0.05) is 0 Å². The number of hydrogen-bond acceptors (Lipinski definition) is 2. The normalized spacial score (nSPS) is 18.6. The van der Waals surface area contributed by atoms with Gasteiger partial charge in [0.05, 0.1) is 11.5 Å². The predicted octanol–water partition coefficient (Wildman–Crippen LogP) is 2.57. The molecule has 0 atom stereocenters. The molecule has 1 heterocycles. The highest BCUT2D eigenvalue weighted by atomic mass is 19.1. The lowest BCUT2D eigenvalue weighted by Gasteiger charge is -2.31. The minimum absolute atomic E-state index is 0.182. The lowest BCUT2D eigenvalue weighted by atomic mass is 9.75. The maximum absolute atomic E-state index is 13.8. The smallest absolute Gasteiger partial charge is 0.126 e. The zero-order chi connectivity index (χ0) is 12.3. The number of nitrogens with zero attached hydrogens (tertiary/aromatic N) is 1. The molecule has 0 aromatic heterocycles. The van der Waals surface area contributed by atoms with Gasteiger partial charge in [0.1, 0.15) is 5.82 Å². The van der Waals surface area contributed by atoms with Crippen molar-refractivity contribution in [2.45, 2.75) is 26.2 Å². The van der Waals surface area contributed by atoms with E-state index in [4.69, 9.17) is 0 Å². The lowest BCUT2D eigenvalue weighted by Crippen LogP contribution is -2.37. The van der Waals surface area contributed by atoms with E-state index in [1.165, 1.54) is 0 Å². The van der Waals surface area contributed by atoms with Crippen molar-refractivity contribution in [3.05, 3.63) is 35.1 Å². The van der Waals surface area contributed by atoms with Crippen LogP contribution in [0.2, 0.25) is 0 Å². The molecule has 0 spiro atoms. The van der Waals surface area contributed by atoms with E-state index in [-0.39, 0.29) is 11.2 Å². The van der Waals surface area contributed by atoms with E-state index in [0.29, 0.717) is 12.0 Å². The van der Waals surface area contributed by atoms with Crippen LogP contribution in [0.1, 0.15) is 24.0 Å². The summed E-state index contributed by atoms with van der Waals surface area (Å²) in [6.07, 6.45) is 2.13. The highest BCUT2D eigenvalue weighted by molar-refractivity contribution is 5.26. The summed E-state index contributed by atoms with van der Waals surface area (Å²) in [5.41, 5.74) is 1.20. The third-order valence-corrected chi connectivity index (χ3v) is 3.54. The number of rotatable bonds is 2. The van der Waals surface area contributed by atoms with E-state index >= 15 is 0 Å². The van der Waals surface area contributed by atoms with Gasteiger partial charge in [-0.3, -0.25) is 0 Å². The molecular formula is C14H17FN2. The molecular weight excluding hydrogens is 215 g/mol. The molecule has 0 saturated carbocycles. The van der Waals surface area contributed by atoms with Gasteiger partial charge >= 0.3 is 0 Å². The van der Waals surface area contributed by atoms with Crippen LogP contribution < -0.4 is 5.32 Å². The largest absolute Gasteiger partial charge is 0.317 e. The molecule has 1 fully saturated rings. The first kappa shape index (κ1) is 12.1. The molecule has 0 bridgehead atoms. The van der Waals surface area contributed by atoms with Crippen molar-refractivity contribution in [2.24, 2.45) is 5.41 Å². The van der Waals surface area contributed by atoms with E-state index in [0.717, 1.165) is 31.5 Å². The molecule has 0 radical (unpaired) electrons. The zero-order valence-corrected chi connectivity index (χ0v) is 10.1. The van der Waals surface area contributed by atoms with Gasteiger partial charge in [-0.1, -0.05) is 12.1 Å². The van der Waals surface area contributed by atoms with Crippen molar-refractivity contribution in [1.82, 2.24) is 5.32 Å². The Balaban J connectivity index is 2.21. The Kier molecular flexibility index (Phi) is 3.44. The molecule has 1 aromatic carbocycles. The van der Waals surface area contributed by atoms with Crippen LogP contribution in [0, 0.1) is 29.5 Å². The summed E-state index contributed by atoms with van der Waals surface area (Å²) in [6, 6.07) is 7.66. The molecule has 0 amide bonds. The Morgan fingerprint density at radius 1 is 1.41 bits per heavy atom. The van der Waals surface area contributed by atoms with Crippen molar-refractivity contribution in [2.75, 3.05) is 13.1 Å². The third-order valence-electron chi connectivity index (χ3n) is 3.54. The van der Waals surface area contributed by atoms with Crippen LogP contribution in [0.15, 0.2) is 18.2 Å². The van der Waals surface area contributed by atoms with Crippen molar-refractivity contribution in [3.8, 4) is 6.07 Å². The van der Waals surface area contributed by atoms with Crippen LogP contribution in [-0.4, -0.2) is 13.1 Å². The van der Waals surface area contributed by atoms with Crippen molar-refractivity contribution in [3.63, 3.8) is 0 Å². The van der Waals surface area contributed by atoms with Gasteiger partial charge in [0.15, 0.2) is 0 Å². The van der Waals surface area contributed by atoms with E-state index in [2.05, 4.69) is 11.4 Å². The lowest BCUT2D eigenvalue weighted by molar-refractivity contribution is 0.277. The summed E-state index contributed by atoms with van der Waals surface area (Å²) in [5.74, 6) is -0.182. The molecule has 1 aliphatic heterocycles. The second kappa shape index (κ2) is 4.85. The summed E-state index contributed by atoms with van der Waals surface area (Å²) in [4.78, 5) is 0. The van der Waals surface area contributed by atoms with Gasteiger partial charge in [-0.25, -0.2) is 4.39 Å². The van der Waals surface area contributed by atoms with Crippen LogP contribution in [0.3, 0.4) is 0 Å². The maximum atomic E-state index is 13.8. The topological polar surface area (TPSA) is 35.8 Å². The Labute approximate surface area is 101 Å². The molecule has 1 aliphatic rings. The first-order valence-electron chi connectivity index (χ1n) is 6.02. The molecule has 17 heavy (non-hydrogen) atoms. The molecule has 0 aliphatic carbocycles. The quantitative estimate of drug-likeness (QED) is 0.850. The number of piperidine rings is 1. The summed E-state index contributed by atoms with van der Waals surface area (Å²) >= 11 is 0. The van der Waals surface area contributed by atoms with Crippen molar-refractivity contribution < 1.29 is 4.39 Å². The minimum Gasteiger partial charge on any atom is -0.317 e. The Hall–Kier alpha value is -1.40. The fourth-order valence-corrected chi connectivity index (χ4v) is 2.39. The highest BCUT2D eigenvalue weighted by Gasteiger charge is 2.32. The maximum Gasteiger partial charge on any atom is 0.126 e. The monoisotopic (exact) mass is 232 g/mol. The molecule has 90 valence electrons. The standard InChI is InChI=1S/C14H17FN2/c1-11-2-3-12(13(15)8-11)9-14(10-16)4-6-17-7-5-14/h2-3,8,17H,4-7,9H2,1H3. The van der Waals surface area contributed by atoms with Crippen LogP contribution >= 0.6 is 0 Å². The third kappa shape index (κ3) is 2.65. The van der Waals surface area contributed by atoms with E-state index < -0.39 is 0 Å². The van der Waals surface area contributed by atoms with Crippen LogP contribution in [0.5, 0.6) is 0 Å². The summed E-state index contributed by atoms with van der Waals surface area (Å²) in [5, 5.41) is 12.6. The summed E-state index contributed by atoms with van der Waals surface area (Å²) in [7, 11) is 0.